The maximum atomic E-state index is 10.5. The standard InChI is InChI=1S/C7H10O4.C4H9NO2/c1-2-5-11-7(10)4-3-6(8)9;1-4(2,5)3(6)7/h3-4H,2,5H2,1H3,(H,8,9);5H2,1-2H3,(H,6,7)/b4-3+;. The highest BCUT2D eigenvalue weighted by atomic mass is 16.5. The molecular weight excluding hydrogens is 242 g/mol. The molecule has 0 aliphatic carbocycles. The Morgan fingerprint density at radius 3 is 1.94 bits per heavy atom. The fraction of sp³-hybridized carbons (Fsp3) is 0.545. The monoisotopic (exact) mass is 261 g/mol. The van der Waals surface area contributed by atoms with Gasteiger partial charge >= 0.3 is 17.9 Å². The van der Waals surface area contributed by atoms with Crippen molar-refractivity contribution < 1.29 is 29.3 Å². The number of aliphatic carboxylic acids is 2. The average molecular weight is 261 g/mol. The molecule has 0 heterocycles. The topological polar surface area (TPSA) is 127 Å². The Labute approximate surface area is 105 Å². The van der Waals surface area contributed by atoms with Gasteiger partial charge in [-0.25, -0.2) is 9.59 Å². The molecule has 0 aromatic carbocycles. The molecular formula is C11H19NO6. The van der Waals surface area contributed by atoms with Crippen LogP contribution in [0, 0.1) is 0 Å². The van der Waals surface area contributed by atoms with Gasteiger partial charge in [0.15, 0.2) is 0 Å². The maximum absolute atomic E-state index is 10.5. The van der Waals surface area contributed by atoms with E-state index in [-0.39, 0.29) is 0 Å². The van der Waals surface area contributed by atoms with E-state index in [0.717, 1.165) is 18.6 Å². The van der Waals surface area contributed by atoms with Gasteiger partial charge in [0.2, 0.25) is 0 Å². The molecule has 0 aliphatic heterocycles. The van der Waals surface area contributed by atoms with Crippen molar-refractivity contribution in [2.24, 2.45) is 5.73 Å². The number of ether oxygens (including phenoxy) is 1. The van der Waals surface area contributed by atoms with Crippen molar-refractivity contribution >= 4 is 17.9 Å². The second-order valence-corrected chi connectivity index (χ2v) is 3.87. The maximum Gasteiger partial charge on any atom is 0.331 e. The number of rotatable bonds is 5. The summed E-state index contributed by atoms with van der Waals surface area (Å²) in [5.74, 6) is -2.75. The summed E-state index contributed by atoms with van der Waals surface area (Å²) in [5.41, 5.74) is 4.00. The summed E-state index contributed by atoms with van der Waals surface area (Å²) in [6.07, 6.45) is 2.36. The molecule has 0 saturated carbocycles. The number of carboxylic acid groups (broad SMARTS) is 2. The predicted molar refractivity (Wildman–Crippen MR) is 63.9 cm³/mol. The van der Waals surface area contributed by atoms with Crippen LogP contribution < -0.4 is 5.73 Å². The zero-order valence-corrected chi connectivity index (χ0v) is 10.7. The minimum atomic E-state index is -1.15. The second-order valence-electron chi connectivity index (χ2n) is 3.87. The van der Waals surface area contributed by atoms with Crippen molar-refractivity contribution in [2.45, 2.75) is 32.7 Å². The Balaban J connectivity index is 0. The zero-order valence-electron chi connectivity index (χ0n) is 10.7. The minimum Gasteiger partial charge on any atom is -0.480 e. The van der Waals surface area contributed by atoms with E-state index in [4.69, 9.17) is 15.9 Å². The van der Waals surface area contributed by atoms with E-state index < -0.39 is 23.4 Å². The quantitative estimate of drug-likeness (QED) is 0.482. The minimum absolute atomic E-state index is 0.322. The molecule has 0 aromatic rings. The number of carbonyl (C=O) groups excluding carboxylic acids is 1. The molecule has 0 rings (SSSR count). The first-order valence-electron chi connectivity index (χ1n) is 5.21. The van der Waals surface area contributed by atoms with Gasteiger partial charge in [0.05, 0.1) is 6.61 Å². The van der Waals surface area contributed by atoms with E-state index in [9.17, 15) is 14.4 Å². The van der Waals surface area contributed by atoms with Crippen LogP contribution in [0.5, 0.6) is 0 Å². The summed E-state index contributed by atoms with van der Waals surface area (Å²) < 4.78 is 4.55. The fourth-order valence-corrected chi connectivity index (χ4v) is 0.390. The zero-order chi connectivity index (χ0) is 14.8. The van der Waals surface area contributed by atoms with Gasteiger partial charge in [-0.15, -0.1) is 0 Å². The van der Waals surface area contributed by atoms with Crippen molar-refractivity contribution in [2.75, 3.05) is 6.61 Å². The third-order valence-corrected chi connectivity index (χ3v) is 1.36. The van der Waals surface area contributed by atoms with Crippen LogP contribution in [0.1, 0.15) is 27.2 Å². The van der Waals surface area contributed by atoms with Gasteiger partial charge in [-0.05, 0) is 20.3 Å². The molecule has 0 saturated heterocycles. The summed E-state index contributed by atoms with van der Waals surface area (Å²) in [6.45, 7) is 5.06. The van der Waals surface area contributed by atoms with Gasteiger partial charge in [-0.3, -0.25) is 4.79 Å². The molecule has 0 unspecified atom stereocenters. The van der Waals surface area contributed by atoms with Crippen molar-refractivity contribution in [3.8, 4) is 0 Å². The molecule has 7 nitrogen and oxygen atoms in total. The Kier molecular flexibility index (Phi) is 9.41. The Hall–Kier alpha value is -1.89. The first-order valence-corrected chi connectivity index (χ1v) is 5.21. The number of hydrogen-bond acceptors (Lipinski definition) is 5. The molecule has 0 spiro atoms. The fourth-order valence-electron chi connectivity index (χ4n) is 0.390. The molecule has 7 heteroatoms. The number of esters is 1. The van der Waals surface area contributed by atoms with E-state index >= 15 is 0 Å². The van der Waals surface area contributed by atoms with Crippen molar-refractivity contribution in [3.05, 3.63) is 12.2 Å². The Bertz CT molecular complexity index is 316. The largest absolute Gasteiger partial charge is 0.480 e. The lowest BCUT2D eigenvalue weighted by atomic mass is 10.1. The third-order valence-electron chi connectivity index (χ3n) is 1.36. The van der Waals surface area contributed by atoms with Gasteiger partial charge in [-0.1, -0.05) is 6.92 Å². The van der Waals surface area contributed by atoms with Crippen LogP contribution in [-0.2, 0) is 19.1 Å². The van der Waals surface area contributed by atoms with Crippen molar-refractivity contribution in [3.63, 3.8) is 0 Å². The smallest absolute Gasteiger partial charge is 0.331 e. The van der Waals surface area contributed by atoms with Crippen LogP contribution >= 0.6 is 0 Å². The molecule has 18 heavy (non-hydrogen) atoms. The first kappa shape index (κ1) is 18.5. The average Bonchev–Trinajstić information content (AvgIpc) is 2.23. The van der Waals surface area contributed by atoms with Gasteiger partial charge in [0.1, 0.15) is 5.54 Å². The summed E-state index contributed by atoms with van der Waals surface area (Å²) in [7, 11) is 0. The highest BCUT2D eigenvalue weighted by Crippen LogP contribution is 1.93. The molecule has 0 atom stereocenters. The number of nitrogens with two attached hydrogens (primary N) is 1. The molecule has 104 valence electrons. The van der Waals surface area contributed by atoms with E-state index in [1.54, 1.807) is 0 Å². The van der Waals surface area contributed by atoms with E-state index in [0.29, 0.717) is 6.61 Å². The highest BCUT2D eigenvalue weighted by molar-refractivity contribution is 5.90. The lowest BCUT2D eigenvalue weighted by Crippen LogP contribution is -2.41. The highest BCUT2D eigenvalue weighted by Gasteiger charge is 2.19. The second kappa shape index (κ2) is 9.17. The van der Waals surface area contributed by atoms with Crippen LogP contribution in [0.25, 0.3) is 0 Å². The molecule has 0 aliphatic rings. The number of hydrogen-bond donors (Lipinski definition) is 3. The van der Waals surface area contributed by atoms with Crippen LogP contribution in [0.2, 0.25) is 0 Å². The number of carboxylic acids is 2. The van der Waals surface area contributed by atoms with Gasteiger partial charge < -0.3 is 20.7 Å². The van der Waals surface area contributed by atoms with Crippen molar-refractivity contribution in [1.82, 2.24) is 0 Å². The van der Waals surface area contributed by atoms with Crippen LogP contribution in [0.4, 0.5) is 0 Å². The van der Waals surface area contributed by atoms with E-state index in [1.165, 1.54) is 13.8 Å². The molecule has 0 fully saturated rings. The van der Waals surface area contributed by atoms with Crippen molar-refractivity contribution in [1.29, 1.82) is 0 Å². The molecule has 0 amide bonds. The molecule has 0 bridgehead atoms. The van der Waals surface area contributed by atoms with Gasteiger partial charge in [0.25, 0.3) is 0 Å². The summed E-state index contributed by atoms with van der Waals surface area (Å²) in [5, 5.41) is 16.2. The van der Waals surface area contributed by atoms with Gasteiger partial charge in [0, 0.05) is 12.2 Å². The molecule has 0 aromatic heterocycles. The summed E-state index contributed by atoms with van der Waals surface area (Å²) in [4.78, 5) is 30.3. The Morgan fingerprint density at radius 1 is 1.22 bits per heavy atom. The van der Waals surface area contributed by atoms with Crippen LogP contribution in [0.3, 0.4) is 0 Å². The third kappa shape index (κ3) is 14.1. The predicted octanol–water partition coefficient (Wildman–Crippen LogP) is 0.389. The van der Waals surface area contributed by atoms with E-state index in [1.807, 2.05) is 6.92 Å². The van der Waals surface area contributed by atoms with E-state index in [2.05, 4.69) is 4.74 Å². The Morgan fingerprint density at radius 2 is 1.67 bits per heavy atom. The van der Waals surface area contributed by atoms with Gasteiger partial charge in [-0.2, -0.15) is 0 Å². The molecule has 0 radical (unpaired) electrons. The summed E-state index contributed by atoms with van der Waals surface area (Å²) >= 11 is 0. The first-order chi connectivity index (χ1) is 8.11. The molecule has 4 N–H and O–H groups in total. The number of carbonyl (C=O) groups is 3. The SMILES string of the molecule is CC(C)(N)C(=O)O.CCCOC(=O)/C=C/C(=O)O. The van der Waals surface area contributed by atoms with Crippen LogP contribution in [-0.4, -0.2) is 40.3 Å². The lowest BCUT2D eigenvalue weighted by Gasteiger charge is -2.09. The lowest BCUT2D eigenvalue weighted by molar-refractivity contribution is -0.142. The summed E-state index contributed by atoms with van der Waals surface area (Å²) in [6, 6.07) is 0. The normalized spacial score (nSPS) is 10.4. The van der Waals surface area contributed by atoms with Crippen LogP contribution in [0.15, 0.2) is 12.2 Å².